The second-order valence-corrected chi connectivity index (χ2v) is 3.06. The van der Waals surface area contributed by atoms with Crippen molar-refractivity contribution in [1.29, 1.82) is 0 Å². The van der Waals surface area contributed by atoms with E-state index in [4.69, 9.17) is 0 Å². The third-order valence-corrected chi connectivity index (χ3v) is 1.79. The number of carboxylic acid groups (broad SMARTS) is 2. The van der Waals surface area contributed by atoms with Crippen LogP contribution in [0.3, 0.4) is 0 Å². The van der Waals surface area contributed by atoms with Crippen molar-refractivity contribution in [2.24, 2.45) is 0 Å². The van der Waals surface area contributed by atoms with E-state index in [0.29, 0.717) is 0 Å². The Morgan fingerprint density at radius 2 is 1.15 bits per heavy atom. The summed E-state index contributed by atoms with van der Waals surface area (Å²) in [5.41, 5.74) is 0.218. The summed E-state index contributed by atoms with van der Waals surface area (Å²) < 4.78 is 0. The fraction of sp³-hybridized carbons (Fsp3) is 0. The number of carbonyl (C=O) groups excluding carboxylic acids is 2. The Labute approximate surface area is 159 Å². The summed E-state index contributed by atoms with van der Waals surface area (Å²) in [6.07, 6.45) is 5.50. The predicted molar refractivity (Wildman–Crippen MR) is 57.1 cm³/mol. The molecule has 20 heavy (non-hydrogen) atoms. The van der Waals surface area contributed by atoms with Gasteiger partial charge in [0.2, 0.25) is 0 Å². The van der Waals surface area contributed by atoms with E-state index in [1.54, 1.807) is 12.1 Å². The van der Waals surface area contributed by atoms with Crippen molar-refractivity contribution in [2.45, 2.75) is 0 Å². The molecule has 0 fully saturated rings. The summed E-state index contributed by atoms with van der Waals surface area (Å²) in [4.78, 5) is 27.3. The molecule has 6 nitrogen and oxygen atoms in total. The Morgan fingerprint density at radius 3 is 1.30 bits per heavy atom. The minimum atomic E-state index is -1.19. The molecule has 0 aliphatic carbocycles. The van der Waals surface area contributed by atoms with E-state index in [2.05, 4.69) is 9.97 Å². The van der Waals surface area contributed by atoms with Crippen LogP contribution < -0.4 is 69.3 Å². The van der Waals surface area contributed by atoms with Crippen LogP contribution in [0.1, 0.15) is 20.7 Å². The first kappa shape index (κ1) is 21.5. The summed E-state index contributed by atoms with van der Waals surface area (Å²) in [6, 6.07) is 5.96. The number of aromatic nitrogens is 2. The molecule has 0 saturated carbocycles. The monoisotopic (exact) mass is 290 g/mol. The van der Waals surface area contributed by atoms with Gasteiger partial charge in [0.25, 0.3) is 0 Å². The van der Waals surface area contributed by atoms with Gasteiger partial charge in [-0.1, -0.05) is 12.1 Å². The zero-order valence-electron chi connectivity index (χ0n) is 11.1. The molecule has 0 saturated heterocycles. The van der Waals surface area contributed by atoms with Crippen LogP contribution in [0, 0.1) is 0 Å². The molecule has 0 amide bonds. The molecule has 0 aromatic carbocycles. The number of carboxylic acids is 2. The number of nitrogens with zero attached hydrogens (tertiary/aromatic N) is 2. The minimum Gasteiger partial charge on any atom is -0.545 e. The van der Waals surface area contributed by atoms with Gasteiger partial charge in [-0.15, -0.1) is 0 Å². The zero-order valence-corrected chi connectivity index (χ0v) is 15.1. The van der Waals surface area contributed by atoms with Crippen molar-refractivity contribution in [2.75, 3.05) is 0 Å². The van der Waals surface area contributed by atoms with E-state index in [9.17, 15) is 19.8 Å². The van der Waals surface area contributed by atoms with Crippen molar-refractivity contribution in [3.63, 3.8) is 0 Å². The summed E-state index contributed by atoms with van der Waals surface area (Å²) in [5, 5.41) is 20.1. The van der Waals surface area contributed by atoms with Gasteiger partial charge in [-0.25, -0.2) is 0 Å². The van der Waals surface area contributed by atoms with Crippen LogP contribution in [0.5, 0.6) is 0 Å². The Kier molecular flexibility index (Phi) is 12.9. The van der Waals surface area contributed by atoms with Gasteiger partial charge in [0.15, 0.2) is 0 Å². The van der Waals surface area contributed by atoms with Gasteiger partial charge in [0, 0.05) is 35.9 Å². The second kappa shape index (κ2) is 12.0. The van der Waals surface area contributed by atoms with Gasteiger partial charge in [0.1, 0.15) is 0 Å². The molecule has 2 rings (SSSR count). The summed E-state index contributed by atoms with van der Waals surface area (Å²) in [7, 11) is 0. The normalized spacial score (nSPS) is 8.00. The minimum absolute atomic E-state index is 0. The average Bonchev–Trinajstić information content (AvgIpc) is 2.41. The Bertz CT molecular complexity index is 474. The molecule has 0 atom stereocenters. The Balaban J connectivity index is 0. The third kappa shape index (κ3) is 8.42. The van der Waals surface area contributed by atoms with Gasteiger partial charge < -0.3 is 19.8 Å². The molecular weight excluding hydrogens is 282 g/mol. The molecule has 0 spiro atoms. The molecule has 0 unspecified atom stereocenters. The fourth-order valence-electron chi connectivity index (χ4n) is 0.967. The van der Waals surface area contributed by atoms with E-state index >= 15 is 0 Å². The maximum Gasteiger partial charge on any atom is 1.00 e. The van der Waals surface area contributed by atoms with Gasteiger partial charge in [-0.2, -0.15) is 0 Å². The molecule has 0 N–H and O–H groups in total. The SMILES string of the molecule is O=C([O-])c1cccnc1.O=C([O-])c1cccnc1.[Na+].[Na+]. The van der Waals surface area contributed by atoms with Crippen LogP contribution in [-0.2, 0) is 0 Å². The van der Waals surface area contributed by atoms with E-state index in [0.717, 1.165) is 0 Å². The van der Waals surface area contributed by atoms with Crippen molar-refractivity contribution in [3.8, 4) is 0 Å². The second-order valence-electron chi connectivity index (χ2n) is 3.06. The van der Waals surface area contributed by atoms with Gasteiger partial charge >= 0.3 is 59.1 Å². The number of hydrogen-bond acceptors (Lipinski definition) is 6. The molecule has 0 bridgehead atoms. The smallest absolute Gasteiger partial charge is 0.545 e. The number of hydrogen-bond donors (Lipinski definition) is 0. The van der Waals surface area contributed by atoms with Crippen LogP contribution in [-0.4, -0.2) is 21.9 Å². The maximum absolute atomic E-state index is 10.0. The van der Waals surface area contributed by atoms with Crippen molar-refractivity contribution in [1.82, 2.24) is 9.97 Å². The van der Waals surface area contributed by atoms with Crippen molar-refractivity contribution in [3.05, 3.63) is 60.2 Å². The maximum atomic E-state index is 10.0. The topological polar surface area (TPSA) is 106 Å². The van der Waals surface area contributed by atoms with E-state index in [-0.39, 0.29) is 70.2 Å². The van der Waals surface area contributed by atoms with Gasteiger partial charge in [-0.3, -0.25) is 9.97 Å². The molecule has 92 valence electrons. The number of aromatic carboxylic acids is 2. The first-order valence-electron chi connectivity index (χ1n) is 4.84. The Morgan fingerprint density at radius 1 is 0.800 bits per heavy atom. The van der Waals surface area contributed by atoms with Crippen molar-refractivity contribution >= 4 is 11.9 Å². The molecule has 2 aromatic rings. The molecule has 0 radical (unpaired) electrons. The van der Waals surface area contributed by atoms with Crippen LogP contribution in [0.15, 0.2) is 49.1 Å². The standard InChI is InChI=1S/2C6H5NO2.2Na/c2*8-6(9)5-2-1-3-7-4-5;;/h2*1-4H,(H,8,9);;/q;;2*+1/p-2. The fourth-order valence-corrected chi connectivity index (χ4v) is 0.967. The summed E-state index contributed by atoms with van der Waals surface area (Å²) >= 11 is 0. The van der Waals surface area contributed by atoms with E-state index < -0.39 is 11.9 Å². The number of carbonyl (C=O) groups is 2. The molecule has 0 aliphatic heterocycles. The first-order valence-corrected chi connectivity index (χ1v) is 4.84. The van der Waals surface area contributed by atoms with E-state index in [1.807, 2.05) is 0 Å². The first-order chi connectivity index (χ1) is 8.61. The summed E-state index contributed by atoms with van der Waals surface area (Å²) in [5.74, 6) is -2.38. The van der Waals surface area contributed by atoms with Crippen molar-refractivity contribution < 1.29 is 78.9 Å². The van der Waals surface area contributed by atoms with Crippen LogP contribution >= 0.6 is 0 Å². The van der Waals surface area contributed by atoms with E-state index in [1.165, 1.54) is 36.9 Å². The Hall–Kier alpha value is -0.760. The number of pyridine rings is 2. The van der Waals surface area contributed by atoms with Crippen LogP contribution in [0.4, 0.5) is 0 Å². The number of rotatable bonds is 2. The molecule has 2 heterocycles. The zero-order chi connectivity index (χ0) is 13.4. The largest absolute Gasteiger partial charge is 1.00 e. The van der Waals surface area contributed by atoms with Crippen LogP contribution in [0.2, 0.25) is 0 Å². The quantitative estimate of drug-likeness (QED) is 0.509. The predicted octanol–water partition coefficient (Wildman–Crippen LogP) is -7.10. The molecule has 0 aliphatic rings. The van der Waals surface area contributed by atoms with Crippen LogP contribution in [0.25, 0.3) is 0 Å². The van der Waals surface area contributed by atoms with Gasteiger partial charge in [0.05, 0.1) is 11.9 Å². The average molecular weight is 290 g/mol. The molecule has 8 heteroatoms. The molecule has 2 aromatic heterocycles. The third-order valence-electron chi connectivity index (χ3n) is 1.79. The molecular formula is C12H8N2Na2O4. The summed E-state index contributed by atoms with van der Waals surface area (Å²) in [6.45, 7) is 0. The van der Waals surface area contributed by atoms with Gasteiger partial charge in [-0.05, 0) is 12.1 Å².